The summed E-state index contributed by atoms with van der Waals surface area (Å²) >= 11 is 0. The lowest BCUT2D eigenvalue weighted by Crippen LogP contribution is -2.09. The summed E-state index contributed by atoms with van der Waals surface area (Å²) in [5.74, 6) is 1.69. The highest BCUT2D eigenvalue weighted by Crippen LogP contribution is 2.37. The second-order valence-electron chi connectivity index (χ2n) is 3.39. The molecule has 0 bridgehead atoms. The predicted molar refractivity (Wildman–Crippen MR) is 51.6 cm³/mol. The molecule has 0 saturated heterocycles. The summed E-state index contributed by atoms with van der Waals surface area (Å²) in [6.45, 7) is 2.41. The largest absolute Gasteiger partial charge is 0.454 e. The molecule has 3 heteroatoms. The smallest absolute Gasteiger partial charge is 0.231 e. The van der Waals surface area contributed by atoms with Crippen LogP contribution in [0.2, 0.25) is 0 Å². The van der Waals surface area contributed by atoms with E-state index in [-0.39, 0.29) is 0 Å². The van der Waals surface area contributed by atoms with E-state index in [9.17, 15) is 0 Å². The average Bonchev–Trinajstić information content (AvgIpc) is 2.48. The van der Waals surface area contributed by atoms with E-state index >= 15 is 0 Å². The van der Waals surface area contributed by atoms with Gasteiger partial charge in [-0.05, 0) is 18.6 Å². The van der Waals surface area contributed by atoms with E-state index in [4.69, 9.17) is 9.47 Å². The molecule has 0 fully saturated rings. The Labute approximate surface area is 77.9 Å². The van der Waals surface area contributed by atoms with E-state index in [2.05, 4.69) is 11.8 Å². The molecule has 0 amide bonds. The number of ether oxygens (including phenoxy) is 2. The van der Waals surface area contributed by atoms with E-state index in [1.54, 1.807) is 0 Å². The number of nitrogens with zero attached hydrogens (tertiary/aromatic N) is 1. The summed E-state index contributed by atoms with van der Waals surface area (Å²) in [5.41, 5.74) is 2.37. The second-order valence-corrected chi connectivity index (χ2v) is 3.39. The van der Waals surface area contributed by atoms with Crippen LogP contribution < -0.4 is 14.4 Å². The summed E-state index contributed by atoms with van der Waals surface area (Å²) in [7, 11) is 4.04. The molecule has 13 heavy (non-hydrogen) atoms. The molecule has 0 saturated carbocycles. The molecule has 0 N–H and O–H groups in total. The molecule has 2 rings (SSSR count). The van der Waals surface area contributed by atoms with Crippen LogP contribution in [0.3, 0.4) is 0 Å². The highest BCUT2D eigenvalue weighted by atomic mass is 16.7. The number of benzene rings is 1. The Morgan fingerprint density at radius 3 is 2.38 bits per heavy atom. The molecule has 0 aromatic heterocycles. The van der Waals surface area contributed by atoms with Crippen LogP contribution in [0.5, 0.6) is 11.5 Å². The Morgan fingerprint density at radius 1 is 1.15 bits per heavy atom. The number of hydrogen-bond donors (Lipinski definition) is 0. The van der Waals surface area contributed by atoms with Crippen molar-refractivity contribution in [1.29, 1.82) is 0 Å². The van der Waals surface area contributed by atoms with Crippen LogP contribution in [-0.4, -0.2) is 20.9 Å². The SMILES string of the molecule is Cc1cc2c(cc1N(C)C)OCO2. The first-order chi connectivity index (χ1) is 6.18. The molecular formula is C10H13NO2. The van der Waals surface area contributed by atoms with Crippen LogP contribution in [0.1, 0.15) is 5.56 Å². The molecular weight excluding hydrogens is 166 g/mol. The molecule has 3 nitrogen and oxygen atoms in total. The number of fused-ring (bicyclic) bond motifs is 1. The van der Waals surface area contributed by atoms with Gasteiger partial charge in [0.25, 0.3) is 0 Å². The first-order valence-corrected chi connectivity index (χ1v) is 4.26. The fraction of sp³-hybridized carbons (Fsp3) is 0.400. The van der Waals surface area contributed by atoms with Gasteiger partial charge in [0.1, 0.15) is 0 Å². The van der Waals surface area contributed by atoms with Crippen molar-refractivity contribution in [3.05, 3.63) is 17.7 Å². The van der Waals surface area contributed by atoms with E-state index in [0.717, 1.165) is 11.5 Å². The molecule has 0 unspecified atom stereocenters. The highest BCUT2D eigenvalue weighted by Gasteiger charge is 2.15. The van der Waals surface area contributed by atoms with Crippen molar-refractivity contribution in [2.75, 3.05) is 25.8 Å². The predicted octanol–water partition coefficient (Wildman–Crippen LogP) is 1.79. The van der Waals surface area contributed by atoms with Crippen LogP contribution in [-0.2, 0) is 0 Å². The third-order valence-corrected chi connectivity index (χ3v) is 2.17. The lowest BCUT2D eigenvalue weighted by atomic mass is 10.1. The minimum absolute atomic E-state index is 0.339. The number of anilines is 1. The van der Waals surface area contributed by atoms with Gasteiger partial charge in [-0.3, -0.25) is 0 Å². The van der Waals surface area contributed by atoms with Gasteiger partial charge in [-0.25, -0.2) is 0 Å². The summed E-state index contributed by atoms with van der Waals surface area (Å²) < 4.78 is 10.6. The van der Waals surface area contributed by atoms with Crippen molar-refractivity contribution in [3.8, 4) is 11.5 Å². The lowest BCUT2D eigenvalue weighted by molar-refractivity contribution is 0.174. The molecule has 1 aromatic rings. The fourth-order valence-electron chi connectivity index (χ4n) is 1.51. The number of hydrogen-bond acceptors (Lipinski definition) is 3. The van der Waals surface area contributed by atoms with Crippen molar-refractivity contribution < 1.29 is 9.47 Å². The highest BCUT2D eigenvalue weighted by molar-refractivity contribution is 5.61. The van der Waals surface area contributed by atoms with Gasteiger partial charge in [0.05, 0.1) is 0 Å². The van der Waals surface area contributed by atoms with Crippen LogP contribution in [0, 0.1) is 6.92 Å². The molecule has 70 valence electrons. The molecule has 0 radical (unpaired) electrons. The van der Waals surface area contributed by atoms with Gasteiger partial charge in [0, 0.05) is 25.8 Å². The zero-order valence-corrected chi connectivity index (χ0v) is 8.13. The second kappa shape index (κ2) is 2.83. The van der Waals surface area contributed by atoms with Crippen LogP contribution >= 0.6 is 0 Å². The number of rotatable bonds is 1. The number of aryl methyl sites for hydroxylation is 1. The zero-order valence-electron chi connectivity index (χ0n) is 8.13. The molecule has 0 aliphatic carbocycles. The van der Waals surface area contributed by atoms with Gasteiger partial charge >= 0.3 is 0 Å². The van der Waals surface area contributed by atoms with Gasteiger partial charge < -0.3 is 14.4 Å². The summed E-state index contributed by atoms with van der Waals surface area (Å²) in [6.07, 6.45) is 0. The molecule has 0 spiro atoms. The van der Waals surface area contributed by atoms with Crippen molar-refractivity contribution in [1.82, 2.24) is 0 Å². The Bertz CT molecular complexity index is 334. The Morgan fingerprint density at radius 2 is 1.77 bits per heavy atom. The monoisotopic (exact) mass is 179 g/mol. The van der Waals surface area contributed by atoms with Crippen molar-refractivity contribution in [2.24, 2.45) is 0 Å². The van der Waals surface area contributed by atoms with Crippen molar-refractivity contribution in [3.63, 3.8) is 0 Å². The average molecular weight is 179 g/mol. The van der Waals surface area contributed by atoms with Gasteiger partial charge in [-0.15, -0.1) is 0 Å². The lowest BCUT2D eigenvalue weighted by Gasteiger charge is -2.15. The maximum atomic E-state index is 5.30. The van der Waals surface area contributed by atoms with Gasteiger partial charge in [-0.1, -0.05) is 0 Å². The van der Waals surface area contributed by atoms with E-state index in [1.807, 2.05) is 26.2 Å². The standard InChI is InChI=1S/C10H13NO2/c1-7-4-9-10(13-6-12-9)5-8(7)11(2)3/h4-5H,6H2,1-3H3. The fourth-order valence-corrected chi connectivity index (χ4v) is 1.51. The Kier molecular flexibility index (Phi) is 1.79. The van der Waals surface area contributed by atoms with Gasteiger partial charge in [-0.2, -0.15) is 0 Å². The van der Waals surface area contributed by atoms with E-state index in [1.165, 1.54) is 11.3 Å². The molecule has 1 aliphatic rings. The first kappa shape index (κ1) is 8.23. The summed E-state index contributed by atoms with van der Waals surface area (Å²) in [5, 5.41) is 0. The van der Waals surface area contributed by atoms with Crippen LogP contribution in [0.15, 0.2) is 12.1 Å². The van der Waals surface area contributed by atoms with Gasteiger partial charge in [0.2, 0.25) is 6.79 Å². The maximum absolute atomic E-state index is 5.30. The third-order valence-electron chi connectivity index (χ3n) is 2.17. The molecule has 1 heterocycles. The molecule has 1 aromatic carbocycles. The minimum atomic E-state index is 0.339. The normalized spacial score (nSPS) is 13.2. The minimum Gasteiger partial charge on any atom is -0.454 e. The van der Waals surface area contributed by atoms with Crippen LogP contribution in [0.25, 0.3) is 0 Å². The van der Waals surface area contributed by atoms with Crippen molar-refractivity contribution >= 4 is 5.69 Å². The Balaban J connectivity index is 2.49. The quantitative estimate of drug-likeness (QED) is 0.656. The zero-order chi connectivity index (χ0) is 9.42. The van der Waals surface area contributed by atoms with Crippen molar-refractivity contribution in [2.45, 2.75) is 6.92 Å². The molecule has 1 aliphatic heterocycles. The van der Waals surface area contributed by atoms with E-state index < -0.39 is 0 Å². The van der Waals surface area contributed by atoms with Crippen LogP contribution in [0.4, 0.5) is 5.69 Å². The van der Waals surface area contributed by atoms with Gasteiger partial charge in [0.15, 0.2) is 11.5 Å². The maximum Gasteiger partial charge on any atom is 0.231 e. The summed E-state index contributed by atoms with van der Waals surface area (Å²) in [4.78, 5) is 2.07. The van der Waals surface area contributed by atoms with E-state index in [0.29, 0.717) is 6.79 Å². The topological polar surface area (TPSA) is 21.7 Å². The third kappa shape index (κ3) is 1.30. The first-order valence-electron chi connectivity index (χ1n) is 4.26. The Hall–Kier alpha value is -1.38. The molecule has 0 atom stereocenters. The summed E-state index contributed by atoms with van der Waals surface area (Å²) in [6, 6.07) is 4.02.